The summed E-state index contributed by atoms with van der Waals surface area (Å²) in [5.74, 6) is 0. The number of urea groups is 1. The lowest BCUT2D eigenvalue weighted by Crippen LogP contribution is -2.37. The number of hydrogen-bond acceptors (Lipinski definition) is 4. The summed E-state index contributed by atoms with van der Waals surface area (Å²) in [4.78, 5) is 15.4. The van der Waals surface area contributed by atoms with E-state index < -0.39 is 6.10 Å². The summed E-state index contributed by atoms with van der Waals surface area (Å²) in [6.45, 7) is 0.407. The number of hydrogen-bond donors (Lipinski definition) is 3. The van der Waals surface area contributed by atoms with E-state index in [-0.39, 0.29) is 12.1 Å². The van der Waals surface area contributed by atoms with E-state index in [0.717, 1.165) is 25.8 Å². The number of rotatable bonds is 7. The first-order chi connectivity index (χ1) is 14.7. The normalized spacial score (nSPS) is 11.9. The quantitative estimate of drug-likeness (QED) is 0.361. The maximum atomic E-state index is 12.6. The highest BCUT2D eigenvalue weighted by molar-refractivity contribution is 7.12. The van der Waals surface area contributed by atoms with E-state index in [1.54, 1.807) is 0 Å². The van der Waals surface area contributed by atoms with Crippen LogP contribution in [0.15, 0.2) is 90.3 Å². The fourth-order valence-electron chi connectivity index (χ4n) is 3.22. The molecule has 30 heavy (non-hydrogen) atoms. The number of carbonyl (C=O) groups excluding carboxylic acids is 1. The van der Waals surface area contributed by atoms with Crippen LogP contribution in [0.4, 0.5) is 4.79 Å². The molecule has 0 radical (unpaired) electrons. The van der Waals surface area contributed by atoms with Gasteiger partial charge >= 0.3 is 6.03 Å². The molecule has 4 aromatic rings. The Hall–Kier alpha value is -2.93. The van der Waals surface area contributed by atoms with Gasteiger partial charge in [-0.25, -0.2) is 4.79 Å². The van der Waals surface area contributed by atoms with Crippen molar-refractivity contribution >= 4 is 28.7 Å². The van der Waals surface area contributed by atoms with Gasteiger partial charge in [0.2, 0.25) is 0 Å². The Labute approximate surface area is 183 Å². The van der Waals surface area contributed by atoms with Crippen LogP contribution in [0.2, 0.25) is 0 Å². The van der Waals surface area contributed by atoms with Crippen LogP contribution in [0.3, 0.4) is 0 Å². The van der Waals surface area contributed by atoms with Gasteiger partial charge in [-0.3, -0.25) is 0 Å². The third kappa shape index (κ3) is 4.97. The molecule has 0 saturated carbocycles. The Kier molecular flexibility index (Phi) is 6.59. The van der Waals surface area contributed by atoms with Gasteiger partial charge in [-0.2, -0.15) is 0 Å². The molecule has 2 heterocycles. The minimum absolute atomic E-state index is 0.230. The third-order valence-corrected chi connectivity index (χ3v) is 6.79. The van der Waals surface area contributed by atoms with Crippen LogP contribution in [-0.2, 0) is 6.54 Å². The monoisotopic (exact) mass is 434 g/mol. The van der Waals surface area contributed by atoms with Gasteiger partial charge < -0.3 is 15.7 Å². The summed E-state index contributed by atoms with van der Waals surface area (Å²) in [6.07, 6.45) is -0.613. The molecule has 2 aromatic heterocycles. The van der Waals surface area contributed by atoms with Gasteiger partial charge in [0, 0.05) is 14.6 Å². The van der Waals surface area contributed by atoms with Gasteiger partial charge in [0.1, 0.15) is 6.10 Å². The zero-order valence-corrected chi connectivity index (χ0v) is 17.8. The van der Waals surface area contributed by atoms with E-state index in [4.69, 9.17) is 0 Å². The van der Waals surface area contributed by atoms with Crippen LogP contribution in [0, 0.1) is 0 Å². The molecule has 2 aromatic carbocycles. The minimum atomic E-state index is -0.613. The Morgan fingerprint density at radius 2 is 1.50 bits per heavy atom. The number of carbonyl (C=O) groups is 1. The van der Waals surface area contributed by atoms with E-state index in [1.807, 2.05) is 90.3 Å². The number of aliphatic hydroxyl groups excluding tert-OH is 1. The van der Waals surface area contributed by atoms with Gasteiger partial charge in [0.25, 0.3) is 0 Å². The molecular weight excluding hydrogens is 412 g/mol. The molecule has 0 aliphatic carbocycles. The summed E-state index contributed by atoms with van der Waals surface area (Å²) < 4.78 is 0. The topological polar surface area (TPSA) is 61.4 Å². The van der Waals surface area contributed by atoms with Crippen LogP contribution < -0.4 is 10.6 Å². The van der Waals surface area contributed by atoms with Crippen LogP contribution in [0.1, 0.15) is 37.9 Å². The van der Waals surface area contributed by atoms with Crippen molar-refractivity contribution in [2.45, 2.75) is 18.7 Å². The largest absolute Gasteiger partial charge is 0.382 e. The molecule has 0 bridgehead atoms. The summed E-state index contributed by atoms with van der Waals surface area (Å²) >= 11 is 3.04. The first-order valence-corrected chi connectivity index (χ1v) is 11.3. The van der Waals surface area contributed by atoms with Crippen LogP contribution in [0.25, 0.3) is 0 Å². The zero-order valence-electron chi connectivity index (χ0n) is 16.2. The molecule has 152 valence electrons. The lowest BCUT2D eigenvalue weighted by atomic mass is 9.99. The molecule has 4 nitrogen and oxygen atoms in total. The molecular formula is C24H22N2O2S2. The van der Waals surface area contributed by atoms with Gasteiger partial charge in [0.15, 0.2) is 0 Å². The Morgan fingerprint density at radius 1 is 0.833 bits per heavy atom. The van der Waals surface area contributed by atoms with Crippen molar-refractivity contribution in [3.63, 3.8) is 0 Å². The first-order valence-electron chi connectivity index (χ1n) is 9.65. The summed E-state index contributed by atoms with van der Waals surface area (Å²) in [5, 5.41) is 18.4. The van der Waals surface area contributed by atoms with Crippen molar-refractivity contribution in [2.24, 2.45) is 0 Å². The smallest absolute Gasteiger partial charge is 0.315 e. The standard InChI is InChI=1S/C24H22N2O2S2/c27-23(20-12-7-15-29-20)21-14-13-19(30-21)16-25-24(28)26-22(17-8-3-1-4-9-17)18-10-5-2-6-11-18/h1-15,22-23,27H,16H2,(H2,25,26,28). The Balaban J connectivity index is 1.40. The van der Waals surface area contributed by atoms with Crippen molar-refractivity contribution in [3.05, 3.63) is 116 Å². The van der Waals surface area contributed by atoms with E-state index >= 15 is 0 Å². The fraction of sp³-hybridized carbons (Fsp3) is 0.125. The number of thiophene rings is 2. The second kappa shape index (κ2) is 9.71. The molecule has 0 fully saturated rings. The van der Waals surface area contributed by atoms with Crippen LogP contribution >= 0.6 is 22.7 Å². The highest BCUT2D eigenvalue weighted by atomic mass is 32.1. The average molecular weight is 435 g/mol. The second-order valence-electron chi connectivity index (χ2n) is 6.80. The van der Waals surface area contributed by atoms with Crippen molar-refractivity contribution in [2.75, 3.05) is 0 Å². The predicted octanol–water partition coefficient (Wildman–Crippen LogP) is 5.48. The van der Waals surface area contributed by atoms with Gasteiger partial charge in [-0.1, -0.05) is 66.7 Å². The maximum absolute atomic E-state index is 12.6. The lowest BCUT2D eigenvalue weighted by Gasteiger charge is -2.20. The SMILES string of the molecule is O=C(NCc1ccc(C(O)c2cccs2)s1)NC(c1ccccc1)c1ccccc1. The molecule has 4 rings (SSSR count). The maximum Gasteiger partial charge on any atom is 0.315 e. The molecule has 6 heteroatoms. The van der Waals surface area contributed by atoms with E-state index in [0.29, 0.717) is 6.54 Å². The van der Waals surface area contributed by atoms with Crippen LogP contribution in [0.5, 0.6) is 0 Å². The lowest BCUT2D eigenvalue weighted by molar-refractivity contribution is 0.228. The molecule has 0 spiro atoms. The van der Waals surface area contributed by atoms with Crippen molar-refractivity contribution in [1.29, 1.82) is 0 Å². The van der Waals surface area contributed by atoms with Gasteiger partial charge in [-0.05, 0) is 34.7 Å². The molecule has 1 atom stereocenters. The summed E-state index contributed by atoms with van der Waals surface area (Å²) in [7, 11) is 0. The molecule has 0 saturated heterocycles. The van der Waals surface area contributed by atoms with Crippen molar-refractivity contribution in [3.8, 4) is 0 Å². The summed E-state index contributed by atoms with van der Waals surface area (Å²) in [5.41, 5.74) is 2.05. The van der Waals surface area contributed by atoms with Gasteiger partial charge in [-0.15, -0.1) is 22.7 Å². The molecule has 0 aliphatic heterocycles. The average Bonchev–Trinajstić information content (AvgIpc) is 3.49. The number of nitrogens with one attached hydrogen (secondary N) is 2. The number of aliphatic hydroxyl groups is 1. The summed E-state index contributed by atoms with van der Waals surface area (Å²) in [6, 6.07) is 27.1. The van der Waals surface area contributed by atoms with Crippen LogP contribution in [-0.4, -0.2) is 11.1 Å². The molecule has 1 unspecified atom stereocenters. The zero-order chi connectivity index (χ0) is 20.8. The Morgan fingerprint density at radius 3 is 2.10 bits per heavy atom. The predicted molar refractivity (Wildman–Crippen MR) is 123 cm³/mol. The van der Waals surface area contributed by atoms with E-state index in [1.165, 1.54) is 22.7 Å². The van der Waals surface area contributed by atoms with Crippen molar-refractivity contribution < 1.29 is 9.90 Å². The molecule has 2 amide bonds. The minimum Gasteiger partial charge on any atom is -0.382 e. The number of benzene rings is 2. The van der Waals surface area contributed by atoms with Gasteiger partial charge in [0.05, 0.1) is 12.6 Å². The molecule has 3 N–H and O–H groups in total. The highest BCUT2D eigenvalue weighted by Gasteiger charge is 2.17. The fourth-order valence-corrected chi connectivity index (χ4v) is 4.98. The van der Waals surface area contributed by atoms with E-state index in [9.17, 15) is 9.90 Å². The van der Waals surface area contributed by atoms with E-state index in [2.05, 4.69) is 10.6 Å². The Bertz CT molecular complexity index is 1020. The highest BCUT2D eigenvalue weighted by Crippen LogP contribution is 2.31. The van der Waals surface area contributed by atoms with Crippen molar-refractivity contribution in [1.82, 2.24) is 10.6 Å². The molecule has 0 aliphatic rings. The third-order valence-electron chi connectivity index (χ3n) is 4.73. The first kappa shape index (κ1) is 20.3. The number of amides is 2. The second-order valence-corrected chi connectivity index (χ2v) is 8.98.